The second-order valence-corrected chi connectivity index (χ2v) is 3.31. The van der Waals surface area contributed by atoms with Crippen molar-refractivity contribution in [2.24, 2.45) is 0 Å². The van der Waals surface area contributed by atoms with Gasteiger partial charge in [0.2, 0.25) is 0 Å². The molecule has 0 amide bonds. The summed E-state index contributed by atoms with van der Waals surface area (Å²) in [5.41, 5.74) is 3.13. The van der Waals surface area contributed by atoms with Crippen LogP contribution in [0.4, 0.5) is 0 Å². The van der Waals surface area contributed by atoms with Crippen molar-refractivity contribution in [3.63, 3.8) is 0 Å². The molecular formula is C11H13N3. The summed E-state index contributed by atoms with van der Waals surface area (Å²) in [6.07, 6.45) is 3.43. The lowest BCUT2D eigenvalue weighted by Gasteiger charge is -2.10. The lowest BCUT2D eigenvalue weighted by Crippen LogP contribution is -2.12. The van der Waals surface area contributed by atoms with Gasteiger partial charge < -0.3 is 5.32 Å². The predicted octanol–water partition coefficient (Wildman–Crippen LogP) is 1.91. The Morgan fingerprint density at radius 2 is 1.86 bits per heavy atom. The van der Waals surface area contributed by atoms with Crippen LogP contribution in [0, 0.1) is 0 Å². The number of nitrogens with zero attached hydrogens (tertiary/aromatic N) is 2. The largest absolute Gasteiger partial charge is 0.313 e. The first kappa shape index (κ1) is 9.09. The Kier molecular flexibility index (Phi) is 2.41. The zero-order chi connectivity index (χ0) is 9.97. The number of hydrogen-bond acceptors (Lipinski definition) is 3. The van der Waals surface area contributed by atoms with Gasteiger partial charge in [0.1, 0.15) is 0 Å². The Bertz CT molecular complexity index is 439. The summed E-state index contributed by atoms with van der Waals surface area (Å²) in [6, 6.07) is 6.51. The van der Waals surface area contributed by atoms with E-state index in [1.165, 1.54) is 5.56 Å². The second kappa shape index (κ2) is 3.72. The fourth-order valence-corrected chi connectivity index (χ4v) is 1.42. The maximum absolute atomic E-state index is 4.27. The summed E-state index contributed by atoms with van der Waals surface area (Å²) in [5, 5.41) is 3.20. The smallest absolute Gasteiger partial charge is 0.0890 e. The molecular weight excluding hydrogens is 174 g/mol. The summed E-state index contributed by atoms with van der Waals surface area (Å²) < 4.78 is 0. The molecule has 3 nitrogen and oxygen atoms in total. The fourth-order valence-electron chi connectivity index (χ4n) is 1.42. The molecule has 3 heteroatoms. The second-order valence-electron chi connectivity index (χ2n) is 3.31. The van der Waals surface area contributed by atoms with Gasteiger partial charge in [-0.3, -0.25) is 9.97 Å². The topological polar surface area (TPSA) is 37.8 Å². The van der Waals surface area contributed by atoms with Crippen LogP contribution in [0.3, 0.4) is 0 Å². The lowest BCUT2D eigenvalue weighted by molar-refractivity contribution is 0.653. The minimum absolute atomic E-state index is 0.349. The Balaban J connectivity index is 2.51. The average Bonchev–Trinajstić information content (AvgIpc) is 2.27. The van der Waals surface area contributed by atoms with Crippen molar-refractivity contribution in [2.75, 3.05) is 7.05 Å². The van der Waals surface area contributed by atoms with Crippen LogP contribution in [-0.2, 0) is 0 Å². The van der Waals surface area contributed by atoms with Crippen LogP contribution in [0.25, 0.3) is 11.0 Å². The molecule has 0 fully saturated rings. The molecule has 2 aromatic rings. The van der Waals surface area contributed by atoms with E-state index in [2.05, 4.69) is 34.3 Å². The minimum Gasteiger partial charge on any atom is -0.313 e. The molecule has 0 radical (unpaired) electrons. The SMILES string of the molecule is CN[C@@H](C)c1ccc2nccnc2c1. The van der Waals surface area contributed by atoms with Crippen molar-refractivity contribution in [3.8, 4) is 0 Å². The lowest BCUT2D eigenvalue weighted by atomic mass is 10.1. The molecule has 14 heavy (non-hydrogen) atoms. The molecule has 72 valence electrons. The van der Waals surface area contributed by atoms with E-state index in [9.17, 15) is 0 Å². The molecule has 1 aromatic heterocycles. The zero-order valence-corrected chi connectivity index (χ0v) is 8.36. The first-order valence-corrected chi connectivity index (χ1v) is 4.69. The van der Waals surface area contributed by atoms with E-state index in [4.69, 9.17) is 0 Å². The van der Waals surface area contributed by atoms with E-state index >= 15 is 0 Å². The molecule has 0 bridgehead atoms. The highest BCUT2D eigenvalue weighted by Crippen LogP contribution is 2.16. The molecule has 1 atom stereocenters. The van der Waals surface area contributed by atoms with Crippen molar-refractivity contribution < 1.29 is 0 Å². The first-order valence-electron chi connectivity index (χ1n) is 4.69. The van der Waals surface area contributed by atoms with Crippen LogP contribution in [-0.4, -0.2) is 17.0 Å². The van der Waals surface area contributed by atoms with E-state index in [-0.39, 0.29) is 0 Å². The van der Waals surface area contributed by atoms with Crippen LogP contribution in [0.1, 0.15) is 18.5 Å². The van der Waals surface area contributed by atoms with Gasteiger partial charge in [-0.1, -0.05) is 6.07 Å². The number of hydrogen-bond donors (Lipinski definition) is 1. The van der Waals surface area contributed by atoms with Crippen LogP contribution in [0.5, 0.6) is 0 Å². The number of benzene rings is 1. The van der Waals surface area contributed by atoms with Gasteiger partial charge in [-0.2, -0.15) is 0 Å². The van der Waals surface area contributed by atoms with Crippen molar-refractivity contribution in [1.82, 2.24) is 15.3 Å². The predicted molar refractivity (Wildman–Crippen MR) is 57.0 cm³/mol. The molecule has 0 aliphatic heterocycles. The molecule has 1 aromatic carbocycles. The molecule has 1 heterocycles. The molecule has 2 rings (SSSR count). The quantitative estimate of drug-likeness (QED) is 0.780. The number of aromatic nitrogens is 2. The number of fused-ring (bicyclic) bond motifs is 1. The molecule has 0 unspecified atom stereocenters. The Morgan fingerprint density at radius 3 is 2.57 bits per heavy atom. The summed E-state index contributed by atoms with van der Waals surface area (Å²) in [6.45, 7) is 2.12. The van der Waals surface area contributed by atoms with Gasteiger partial charge in [0.25, 0.3) is 0 Å². The fraction of sp³-hybridized carbons (Fsp3) is 0.273. The van der Waals surface area contributed by atoms with Crippen molar-refractivity contribution in [1.29, 1.82) is 0 Å². The third-order valence-corrected chi connectivity index (χ3v) is 2.43. The average molecular weight is 187 g/mol. The first-order chi connectivity index (χ1) is 6.81. The molecule has 0 aliphatic rings. The number of rotatable bonds is 2. The minimum atomic E-state index is 0.349. The van der Waals surface area contributed by atoms with Crippen molar-refractivity contribution >= 4 is 11.0 Å². The maximum atomic E-state index is 4.27. The van der Waals surface area contributed by atoms with E-state index in [1.54, 1.807) is 12.4 Å². The molecule has 0 saturated heterocycles. The van der Waals surface area contributed by atoms with Gasteiger partial charge in [-0.25, -0.2) is 0 Å². The van der Waals surface area contributed by atoms with Crippen LogP contribution < -0.4 is 5.32 Å². The van der Waals surface area contributed by atoms with Gasteiger partial charge in [0.15, 0.2) is 0 Å². The van der Waals surface area contributed by atoms with Gasteiger partial charge in [-0.15, -0.1) is 0 Å². The van der Waals surface area contributed by atoms with E-state index in [1.807, 2.05) is 13.1 Å². The molecule has 0 saturated carbocycles. The normalized spacial score (nSPS) is 13.0. The maximum Gasteiger partial charge on any atom is 0.0890 e. The van der Waals surface area contributed by atoms with Crippen LogP contribution in [0.15, 0.2) is 30.6 Å². The monoisotopic (exact) mass is 187 g/mol. The summed E-state index contributed by atoms with van der Waals surface area (Å²) >= 11 is 0. The summed E-state index contributed by atoms with van der Waals surface area (Å²) in [7, 11) is 1.95. The van der Waals surface area contributed by atoms with E-state index < -0.39 is 0 Å². The summed E-state index contributed by atoms with van der Waals surface area (Å²) in [4.78, 5) is 8.49. The molecule has 0 spiro atoms. The molecule has 1 N–H and O–H groups in total. The summed E-state index contributed by atoms with van der Waals surface area (Å²) in [5.74, 6) is 0. The Hall–Kier alpha value is -1.48. The highest BCUT2D eigenvalue weighted by atomic mass is 14.9. The van der Waals surface area contributed by atoms with Gasteiger partial charge >= 0.3 is 0 Å². The number of nitrogens with one attached hydrogen (secondary N) is 1. The highest BCUT2D eigenvalue weighted by Gasteiger charge is 2.03. The highest BCUT2D eigenvalue weighted by molar-refractivity contribution is 5.74. The zero-order valence-electron chi connectivity index (χ0n) is 8.36. The Labute approximate surface area is 83.2 Å². The third-order valence-electron chi connectivity index (χ3n) is 2.43. The van der Waals surface area contributed by atoms with Gasteiger partial charge in [-0.05, 0) is 31.7 Å². The van der Waals surface area contributed by atoms with Crippen LogP contribution in [0.2, 0.25) is 0 Å². The van der Waals surface area contributed by atoms with Gasteiger partial charge in [0.05, 0.1) is 11.0 Å². The van der Waals surface area contributed by atoms with E-state index in [0.29, 0.717) is 6.04 Å². The third kappa shape index (κ3) is 1.59. The van der Waals surface area contributed by atoms with E-state index in [0.717, 1.165) is 11.0 Å². The van der Waals surface area contributed by atoms with Crippen molar-refractivity contribution in [2.45, 2.75) is 13.0 Å². The Morgan fingerprint density at radius 1 is 1.14 bits per heavy atom. The van der Waals surface area contributed by atoms with Crippen molar-refractivity contribution in [3.05, 3.63) is 36.2 Å². The molecule has 0 aliphatic carbocycles. The van der Waals surface area contributed by atoms with Gasteiger partial charge in [0, 0.05) is 18.4 Å². The standard InChI is InChI=1S/C11H13N3/c1-8(12-2)9-3-4-10-11(7-9)14-6-5-13-10/h3-8,12H,1-2H3/t8-/m0/s1. The van der Waals surface area contributed by atoms with Crippen LogP contribution >= 0.6 is 0 Å².